The lowest BCUT2D eigenvalue weighted by Gasteiger charge is -2.37. The molecule has 132 valence electrons. The number of ether oxygens (including phenoxy) is 1. The van der Waals surface area contributed by atoms with Crippen molar-refractivity contribution in [2.24, 2.45) is 11.8 Å². The third-order valence-electron chi connectivity index (χ3n) is 5.64. The van der Waals surface area contributed by atoms with Gasteiger partial charge in [0, 0.05) is 13.0 Å². The largest absolute Gasteiger partial charge is 0.504 e. The van der Waals surface area contributed by atoms with E-state index in [-0.39, 0.29) is 5.04 Å². The monoisotopic (exact) mass is 337 g/mol. The number of rotatable bonds is 7. The predicted octanol–water partition coefficient (Wildman–Crippen LogP) is 5.65. The molecular formula is C19H35NO2Si. The predicted molar refractivity (Wildman–Crippen MR) is 98.5 cm³/mol. The zero-order valence-electron chi connectivity index (χ0n) is 15.9. The number of methoxy groups -OCH3 is 1. The summed E-state index contributed by atoms with van der Waals surface area (Å²) in [5.41, 5.74) is 1.41. The van der Waals surface area contributed by atoms with Crippen LogP contribution in [0.15, 0.2) is 11.8 Å². The first kappa shape index (κ1) is 20.3. The summed E-state index contributed by atoms with van der Waals surface area (Å²) < 4.78 is 11.7. The van der Waals surface area contributed by atoms with Crippen LogP contribution in [0.3, 0.4) is 0 Å². The minimum absolute atomic E-state index is 0.264. The Kier molecular flexibility index (Phi) is 7.83. The topological polar surface area (TPSA) is 42.2 Å². The summed E-state index contributed by atoms with van der Waals surface area (Å²) in [6, 6.07) is 2.29. The first-order valence-corrected chi connectivity index (χ1v) is 11.9. The van der Waals surface area contributed by atoms with Crippen LogP contribution in [0, 0.1) is 23.2 Å². The first-order valence-electron chi connectivity index (χ1n) is 8.96. The molecule has 0 bridgehead atoms. The molecule has 0 spiro atoms. The summed E-state index contributed by atoms with van der Waals surface area (Å²) in [6.07, 6.45) is 8.28. The first-order chi connectivity index (χ1) is 10.7. The fraction of sp³-hybridized carbons (Fsp3) is 0.842. The van der Waals surface area contributed by atoms with Crippen LogP contribution >= 0.6 is 0 Å². The Morgan fingerprint density at radius 3 is 2.35 bits per heavy atom. The smallest absolute Gasteiger partial charge is 0.191 e. The van der Waals surface area contributed by atoms with Gasteiger partial charge in [-0.25, -0.2) is 0 Å². The Morgan fingerprint density at radius 2 is 1.83 bits per heavy atom. The Morgan fingerprint density at radius 1 is 1.22 bits per heavy atom. The summed E-state index contributed by atoms with van der Waals surface area (Å²) in [4.78, 5) is 0. The second-order valence-corrected chi connectivity index (χ2v) is 13.1. The number of nitriles is 1. The van der Waals surface area contributed by atoms with E-state index in [9.17, 15) is 0 Å². The highest BCUT2D eigenvalue weighted by Crippen LogP contribution is 2.40. The van der Waals surface area contributed by atoms with Crippen molar-refractivity contribution in [3.63, 3.8) is 0 Å². The van der Waals surface area contributed by atoms with Crippen molar-refractivity contribution >= 4 is 8.32 Å². The normalized spacial score (nSPS) is 24.5. The van der Waals surface area contributed by atoms with E-state index in [4.69, 9.17) is 14.4 Å². The number of allylic oxidation sites excluding steroid dienone is 1. The van der Waals surface area contributed by atoms with Gasteiger partial charge in [-0.1, -0.05) is 27.2 Å². The maximum absolute atomic E-state index is 8.87. The lowest BCUT2D eigenvalue weighted by molar-refractivity contribution is 0.231. The van der Waals surface area contributed by atoms with Crippen molar-refractivity contribution < 1.29 is 9.16 Å². The molecule has 23 heavy (non-hydrogen) atoms. The lowest BCUT2D eigenvalue weighted by atomic mass is 9.74. The van der Waals surface area contributed by atoms with E-state index in [1.54, 1.807) is 7.11 Å². The van der Waals surface area contributed by atoms with Crippen molar-refractivity contribution in [1.82, 2.24) is 0 Å². The Labute approximate surface area is 144 Å². The highest BCUT2D eigenvalue weighted by molar-refractivity contribution is 6.74. The molecule has 0 heterocycles. The van der Waals surface area contributed by atoms with Crippen LogP contribution in [0.5, 0.6) is 0 Å². The Balaban J connectivity index is 2.63. The molecule has 0 aromatic heterocycles. The minimum atomic E-state index is -1.66. The molecule has 1 saturated carbocycles. The third kappa shape index (κ3) is 5.97. The standard InChI is InChI=1S/C19H35NO2Si/c1-19(2,3)23(5,6)22-14-12-17-10-7-9-16(11-8-13-20)18(17)15-21-4/h15-17H,7-12,14H2,1-6H3/b18-15+/t16-,17+/m1/s1. The van der Waals surface area contributed by atoms with Gasteiger partial charge in [-0.15, -0.1) is 0 Å². The summed E-state index contributed by atoms with van der Waals surface area (Å²) in [5.74, 6) is 1.07. The van der Waals surface area contributed by atoms with Gasteiger partial charge < -0.3 is 9.16 Å². The molecule has 1 aliphatic carbocycles. The van der Waals surface area contributed by atoms with Crippen LogP contribution in [-0.4, -0.2) is 22.0 Å². The van der Waals surface area contributed by atoms with E-state index in [0.29, 0.717) is 18.3 Å². The molecule has 4 heteroatoms. The van der Waals surface area contributed by atoms with Gasteiger partial charge in [0.15, 0.2) is 8.32 Å². The number of hydrogen-bond acceptors (Lipinski definition) is 3. The SMILES string of the molecule is CO/C=C1\[C@@H](CCC#N)CCC[C@H]1CCO[Si](C)(C)C(C)(C)C. The molecule has 0 unspecified atom stereocenters. The lowest BCUT2D eigenvalue weighted by Crippen LogP contribution is -2.41. The highest BCUT2D eigenvalue weighted by atomic mass is 28.4. The molecule has 0 radical (unpaired) electrons. The van der Waals surface area contributed by atoms with E-state index in [1.165, 1.54) is 24.8 Å². The Hall–Kier alpha value is -0.793. The van der Waals surface area contributed by atoms with Gasteiger partial charge in [-0.05, 0) is 61.2 Å². The molecule has 0 aromatic rings. The fourth-order valence-electron chi connectivity index (χ4n) is 3.14. The van der Waals surface area contributed by atoms with E-state index in [2.05, 4.69) is 39.9 Å². The van der Waals surface area contributed by atoms with Gasteiger partial charge in [0.2, 0.25) is 0 Å². The zero-order valence-corrected chi connectivity index (χ0v) is 16.9. The van der Waals surface area contributed by atoms with Crippen molar-refractivity contribution in [1.29, 1.82) is 5.26 Å². The van der Waals surface area contributed by atoms with E-state index >= 15 is 0 Å². The maximum atomic E-state index is 8.87. The van der Waals surface area contributed by atoms with Gasteiger partial charge in [-0.2, -0.15) is 5.26 Å². The number of hydrogen-bond donors (Lipinski definition) is 0. The van der Waals surface area contributed by atoms with Crippen LogP contribution in [0.4, 0.5) is 0 Å². The van der Waals surface area contributed by atoms with Gasteiger partial charge in [0.1, 0.15) is 0 Å². The quantitative estimate of drug-likeness (QED) is 0.445. The van der Waals surface area contributed by atoms with Gasteiger partial charge >= 0.3 is 0 Å². The summed E-state index contributed by atoms with van der Waals surface area (Å²) in [6.45, 7) is 12.3. The molecule has 1 aliphatic rings. The van der Waals surface area contributed by atoms with Crippen LogP contribution in [0.25, 0.3) is 0 Å². The zero-order chi connectivity index (χ0) is 17.5. The van der Waals surface area contributed by atoms with Crippen LogP contribution in [0.2, 0.25) is 18.1 Å². The Bertz CT molecular complexity index is 432. The molecule has 3 nitrogen and oxygen atoms in total. The van der Waals surface area contributed by atoms with Gasteiger partial charge in [0.05, 0.1) is 19.4 Å². The molecule has 1 rings (SSSR count). The fourth-order valence-corrected chi connectivity index (χ4v) is 4.20. The van der Waals surface area contributed by atoms with Crippen LogP contribution < -0.4 is 0 Å². The third-order valence-corrected chi connectivity index (χ3v) is 10.2. The van der Waals surface area contributed by atoms with Crippen molar-refractivity contribution in [2.45, 2.75) is 77.4 Å². The number of nitrogens with zero attached hydrogens (tertiary/aromatic N) is 1. The van der Waals surface area contributed by atoms with Crippen molar-refractivity contribution in [2.75, 3.05) is 13.7 Å². The average molecular weight is 338 g/mol. The van der Waals surface area contributed by atoms with E-state index in [1.807, 2.05) is 6.26 Å². The molecule has 0 aromatic carbocycles. The van der Waals surface area contributed by atoms with E-state index in [0.717, 1.165) is 19.4 Å². The highest BCUT2D eigenvalue weighted by Gasteiger charge is 2.37. The second-order valence-electron chi connectivity index (χ2n) is 8.27. The minimum Gasteiger partial charge on any atom is -0.504 e. The summed E-state index contributed by atoms with van der Waals surface area (Å²) >= 11 is 0. The molecule has 0 aliphatic heterocycles. The molecule has 0 amide bonds. The van der Waals surface area contributed by atoms with E-state index < -0.39 is 8.32 Å². The molecule has 2 atom stereocenters. The van der Waals surface area contributed by atoms with Crippen molar-refractivity contribution in [3.05, 3.63) is 11.8 Å². The van der Waals surface area contributed by atoms with Gasteiger partial charge in [0.25, 0.3) is 0 Å². The average Bonchev–Trinajstić information content (AvgIpc) is 2.46. The maximum Gasteiger partial charge on any atom is 0.191 e. The second kappa shape index (κ2) is 8.89. The summed E-state index contributed by atoms with van der Waals surface area (Å²) in [5, 5.41) is 9.13. The summed E-state index contributed by atoms with van der Waals surface area (Å²) in [7, 11) is 0.0666. The van der Waals surface area contributed by atoms with Crippen LogP contribution in [0.1, 0.15) is 59.3 Å². The van der Waals surface area contributed by atoms with Crippen molar-refractivity contribution in [3.8, 4) is 6.07 Å². The van der Waals surface area contributed by atoms with Crippen LogP contribution in [-0.2, 0) is 9.16 Å². The van der Waals surface area contributed by atoms with Gasteiger partial charge in [-0.3, -0.25) is 0 Å². The molecule has 0 saturated heterocycles. The molecule has 1 fully saturated rings. The molecular weight excluding hydrogens is 302 g/mol. The molecule has 0 N–H and O–H groups in total.